The summed E-state index contributed by atoms with van der Waals surface area (Å²) in [6, 6.07) is 4.92. The molecule has 4 nitrogen and oxygen atoms in total. The number of hydrogen-bond donors (Lipinski definition) is 2. The Bertz CT molecular complexity index is 611. The van der Waals surface area contributed by atoms with Crippen LogP contribution in [0, 0.1) is 5.92 Å². The van der Waals surface area contributed by atoms with Crippen molar-refractivity contribution in [3.8, 4) is 0 Å². The minimum absolute atomic E-state index is 0.100. The second kappa shape index (κ2) is 5.30. The molecule has 0 radical (unpaired) electrons. The van der Waals surface area contributed by atoms with Crippen molar-refractivity contribution in [2.45, 2.75) is 31.0 Å². The summed E-state index contributed by atoms with van der Waals surface area (Å²) in [5, 5.41) is 5.32. The number of hydrogen-bond acceptors (Lipinski definition) is 2. The lowest BCUT2D eigenvalue weighted by molar-refractivity contribution is -0.137. The van der Waals surface area contributed by atoms with Crippen LogP contribution < -0.4 is 10.6 Å². The van der Waals surface area contributed by atoms with Crippen LogP contribution in [-0.4, -0.2) is 24.4 Å². The van der Waals surface area contributed by atoms with Gasteiger partial charge in [0.05, 0.1) is 5.56 Å². The van der Waals surface area contributed by atoms with E-state index in [0.29, 0.717) is 5.56 Å². The van der Waals surface area contributed by atoms with Crippen LogP contribution in [0.25, 0.3) is 0 Å². The van der Waals surface area contributed by atoms with Crippen molar-refractivity contribution in [1.29, 1.82) is 0 Å². The molecule has 3 rings (SSSR count). The number of alkyl halides is 3. The number of rotatable bonds is 3. The molecule has 0 spiro atoms. The van der Waals surface area contributed by atoms with Crippen molar-refractivity contribution in [3.05, 3.63) is 35.4 Å². The van der Waals surface area contributed by atoms with Crippen molar-refractivity contribution in [2.75, 3.05) is 6.54 Å². The van der Waals surface area contributed by atoms with Crippen molar-refractivity contribution >= 4 is 11.8 Å². The Hall–Kier alpha value is -2.05. The molecule has 1 saturated heterocycles. The first-order valence-electron chi connectivity index (χ1n) is 7.11. The van der Waals surface area contributed by atoms with Crippen molar-refractivity contribution in [3.63, 3.8) is 0 Å². The van der Waals surface area contributed by atoms with Crippen LogP contribution in [0.5, 0.6) is 0 Å². The molecule has 1 aromatic rings. The van der Waals surface area contributed by atoms with Crippen molar-refractivity contribution in [1.82, 2.24) is 10.6 Å². The molecule has 2 amide bonds. The Labute approximate surface area is 125 Å². The molecule has 1 heterocycles. The highest BCUT2D eigenvalue weighted by atomic mass is 19.4. The minimum Gasteiger partial charge on any atom is -0.355 e. The SMILES string of the molecule is O=C1NC[C@H](c2cccc(C(F)(F)F)c2)[C@H]1C(=O)NC1CC1. The van der Waals surface area contributed by atoms with Crippen LogP contribution in [0.2, 0.25) is 0 Å². The zero-order valence-electron chi connectivity index (χ0n) is 11.6. The molecule has 1 aliphatic carbocycles. The summed E-state index contributed by atoms with van der Waals surface area (Å²) in [6.07, 6.45) is -2.68. The predicted octanol–water partition coefficient (Wildman–Crippen LogP) is 1.81. The molecule has 2 N–H and O–H groups in total. The van der Waals surface area contributed by atoms with E-state index in [2.05, 4.69) is 10.6 Å². The Kier molecular flexibility index (Phi) is 3.58. The maximum absolute atomic E-state index is 12.8. The van der Waals surface area contributed by atoms with E-state index in [0.717, 1.165) is 25.0 Å². The molecular weight excluding hydrogens is 297 g/mol. The van der Waals surface area contributed by atoms with E-state index in [4.69, 9.17) is 0 Å². The average Bonchev–Trinajstić information content (AvgIpc) is 3.17. The van der Waals surface area contributed by atoms with Gasteiger partial charge in [0, 0.05) is 18.5 Å². The molecule has 0 bridgehead atoms. The van der Waals surface area contributed by atoms with Gasteiger partial charge in [-0.05, 0) is 24.5 Å². The molecular formula is C15H15F3N2O2. The number of nitrogens with one attached hydrogen (secondary N) is 2. The lowest BCUT2D eigenvalue weighted by atomic mass is 9.87. The normalized spacial score (nSPS) is 25.0. The highest BCUT2D eigenvalue weighted by molar-refractivity contribution is 6.03. The van der Waals surface area contributed by atoms with E-state index in [1.165, 1.54) is 12.1 Å². The fraction of sp³-hybridized carbons (Fsp3) is 0.467. The summed E-state index contributed by atoms with van der Waals surface area (Å²) in [6.45, 7) is 0.170. The molecule has 7 heteroatoms. The lowest BCUT2D eigenvalue weighted by Crippen LogP contribution is -2.38. The van der Waals surface area contributed by atoms with Gasteiger partial charge in [-0.2, -0.15) is 13.2 Å². The van der Waals surface area contributed by atoms with Crippen LogP contribution >= 0.6 is 0 Å². The minimum atomic E-state index is -4.45. The smallest absolute Gasteiger partial charge is 0.355 e. The largest absolute Gasteiger partial charge is 0.416 e. The predicted molar refractivity (Wildman–Crippen MR) is 71.8 cm³/mol. The average molecular weight is 312 g/mol. The maximum atomic E-state index is 12.8. The quantitative estimate of drug-likeness (QED) is 0.836. The molecule has 22 heavy (non-hydrogen) atoms. The van der Waals surface area contributed by atoms with Crippen LogP contribution in [0.1, 0.15) is 29.9 Å². The number of carbonyl (C=O) groups excluding carboxylic acids is 2. The fourth-order valence-electron chi connectivity index (χ4n) is 2.70. The number of benzene rings is 1. The van der Waals surface area contributed by atoms with E-state index in [1.807, 2.05) is 0 Å². The summed E-state index contributed by atoms with van der Waals surface area (Å²) in [5.41, 5.74) is -0.421. The molecule has 1 aromatic carbocycles. The molecule has 0 aromatic heterocycles. The van der Waals surface area contributed by atoms with Gasteiger partial charge in [-0.3, -0.25) is 9.59 Å². The van der Waals surface area contributed by atoms with Gasteiger partial charge in [0.25, 0.3) is 0 Å². The van der Waals surface area contributed by atoms with Gasteiger partial charge in [-0.1, -0.05) is 18.2 Å². The summed E-state index contributed by atoms with van der Waals surface area (Å²) < 4.78 is 38.4. The Morgan fingerprint density at radius 2 is 2.00 bits per heavy atom. The van der Waals surface area contributed by atoms with E-state index in [1.54, 1.807) is 0 Å². The Balaban J connectivity index is 1.85. The Morgan fingerprint density at radius 3 is 2.64 bits per heavy atom. The molecule has 0 unspecified atom stereocenters. The van der Waals surface area contributed by atoms with Crippen molar-refractivity contribution < 1.29 is 22.8 Å². The van der Waals surface area contributed by atoms with Gasteiger partial charge in [0.1, 0.15) is 5.92 Å². The lowest BCUT2D eigenvalue weighted by Gasteiger charge is -2.18. The summed E-state index contributed by atoms with van der Waals surface area (Å²) in [5.74, 6) is -2.38. The second-order valence-electron chi connectivity index (χ2n) is 5.74. The van der Waals surface area contributed by atoms with Gasteiger partial charge in [-0.25, -0.2) is 0 Å². The zero-order chi connectivity index (χ0) is 15.9. The monoisotopic (exact) mass is 312 g/mol. The Morgan fingerprint density at radius 1 is 1.27 bits per heavy atom. The van der Waals surface area contributed by atoms with Crippen LogP contribution in [0.4, 0.5) is 13.2 Å². The topological polar surface area (TPSA) is 58.2 Å². The number of halogens is 3. The van der Waals surface area contributed by atoms with Gasteiger partial charge in [0.2, 0.25) is 11.8 Å². The first-order valence-corrected chi connectivity index (χ1v) is 7.11. The molecule has 1 aliphatic heterocycles. The second-order valence-corrected chi connectivity index (χ2v) is 5.74. The van der Waals surface area contributed by atoms with Crippen molar-refractivity contribution in [2.24, 2.45) is 5.92 Å². The van der Waals surface area contributed by atoms with Gasteiger partial charge < -0.3 is 10.6 Å². The van der Waals surface area contributed by atoms with Gasteiger partial charge >= 0.3 is 6.18 Å². The van der Waals surface area contributed by atoms with E-state index in [-0.39, 0.29) is 12.6 Å². The standard InChI is InChI=1S/C15H15F3N2O2/c16-15(17,18)9-3-1-2-8(6-9)11-7-19-13(21)12(11)14(22)20-10-4-5-10/h1-3,6,10-12H,4-5,7H2,(H,19,21)(H,20,22)/t11-,12-/m1/s1. The molecule has 2 aliphatic rings. The van der Waals surface area contributed by atoms with E-state index in [9.17, 15) is 22.8 Å². The zero-order valence-corrected chi connectivity index (χ0v) is 11.6. The van der Waals surface area contributed by atoms with Gasteiger partial charge in [0.15, 0.2) is 0 Å². The maximum Gasteiger partial charge on any atom is 0.416 e. The van der Waals surface area contributed by atoms with E-state index >= 15 is 0 Å². The fourth-order valence-corrected chi connectivity index (χ4v) is 2.70. The molecule has 2 fully saturated rings. The molecule has 1 saturated carbocycles. The third-order valence-electron chi connectivity index (χ3n) is 4.03. The number of carbonyl (C=O) groups is 2. The summed E-state index contributed by atoms with van der Waals surface area (Å²) in [7, 11) is 0. The van der Waals surface area contributed by atoms with Crippen LogP contribution in [0.3, 0.4) is 0 Å². The van der Waals surface area contributed by atoms with Crippen LogP contribution in [-0.2, 0) is 15.8 Å². The van der Waals surface area contributed by atoms with E-state index < -0.39 is 35.4 Å². The highest BCUT2D eigenvalue weighted by Crippen LogP contribution is 2.35. The summed E-state index contributed by atoms with van der Waals surface area (Å²) in [4.78, 5) is 24.1. The molecule has 118 valence electrons. The summed E-state index contributed by atoms with van der Waals surface area (Å²) >= 11 is 0. The first kappa shape index (κ1) is 14.9. The highest BCUT2D eigenvalue weighted by Gasteiger charge is 2.43. The molecule has 2 atom stereocenters. The third-order valence-corrected chi connectivity index (χ3v) is 4.03. The van der Waals surface area contributed by atoms with Crippen LogP contribution in [0.15, 0.2) is 24.3 Å². The number of amides is 2. The first-order chi connectivity index (χ1) is 10.4. The van der Waals surface area contributed by atoms with Gasteiger partial charge in [-0.15, -0.1) is 0 Å². The third kappa shape index (κ3) is 2.93.